The van der Waals surface area contributed by atoms with Crippen molar-refractivity contribution in [2.45, 2.75) is 25.2 Å². The lowest BCUT2D eigenvalue weighted by Crippen LogP contribution is -2.24. The van der Waals surface area contributed by atoms with Gasteiger partial charge in [0.1, 0.15) is 0 Å². The highest BCUT2D eigenvalue weighted by molar-refractivity contribution is 5.96. The number of aromatic nitrogens is 2. The summed E-state index contributed by atoms with van der Waals surface area (Å²) in [6.07, 6.45) is 9.29. The molecule has 2 aliphatic carbocycles. The zero-order valence-electron chi connectivity index (χ0n) is 9.36. The van der Waals surface area contributed by atoms with Crippen molar-refractivity contribution >= 4 is 17.3 Å². The summed E-state index contributed by atoms with van der Waals surface area (Å²) >= 11 is 0. The number of hydrogen-bond acceptors (Lipinski definition) is 2. The van der Waals surface area contributed by atoms with Gasteiger partial charge in [0.15, 0.2) is 5.82 Å². The van der Waals surface area contributed by atoms with Crippen LogP contribution in [0.25, 0.3) is 5.57 Å². The van der Waals surface area contributed by atoms with Crippen molar-refractivity contribution in [2.24, 2.45) is 5.92 Å². The van der Waals surface area contributed by atoms with Crippen molar-refractivity contribution in [1.82, 2.24) is 10.2 Å². The summed E-state index contributed by atoms with van der Waals surface area (Å²) in [6.45, 7) is 0. The molecule has 1 saturated carbocycles. The van der Waals surface area contributed by atoms with Gasteiger partial charge in [-0.2, -0.15) is 5.10 Å². The average molecular weight is 227 g/mol. The Labute approximate surface area is 98.8 Å². The standard InChI is InChI=1S/C13H13N3O/c17-10-6-9(7-4-5-7)11-12(8-2-1-3-8)15-16-13(11)14-10/h1-3,7,9H,4-6H2,(H2,14,15,16,17). The van der Waals surface area contributed by atoms with E-state index in [1.807, 2.05) is 6.08 Å². The van der Waals surface area contributed by atoms with Crippen molar-refractivity contribution in [2.75, 3.05) is 5.32 Å². The summed E-state index contributed by atoms with van der Waals surface area (Å²) in [7, 11) is 0. The van der Waals surface area contributed by atoms with Gasteiger partial charge in [-0.05, 0) is 24.3 Å². The molecule has 0 spiro atoms. The second kappa shape index (κ2) is 3.09. The highest BCUT2D eigenvalue weighted by Gasteiger charge is 2.40. The molecule has 4 heteroatoms. The Morgan fingerprint density at radius 3 is 2.82 bits per heavy atom. The molecular weight excluding hydrogens is 214 g/mol. The van der Waals surface area contributed by atoms with E-state index in [1.165, 1.54) is 24.0 Å². The largest absolute Gasteiger partial charge is 0.309 e. The Morgan fingerprint density at radius 1 is 1.35 bits per heavy atom. The van der Waals surface area contributed by atoms with Crippen LogP contribution in [0.3, 0.4) is 0 Å². The Kier molecular flexibility index (Phi) is 1.68. The second-order valence-corrected chi connectivity index (χ2v) is 5.04. The number of aromatic amines is 1. The fraction of sp³-hybridized carbons (Fsp3) is 0.385. The summed E-state index contributed by atoms with van der Waals surface area (Å²) in [6, 6.07) is 0. The molecule has 2 heterocycles. The van der Waals surface area contributed by atoms with Crippen LogP contribution in [0.4, 0.5) is 5.82 Å². The Bertz CT molecular complexity index is 563. The van der Waals surface area contributed by atoms with E-state index in [2.05, 4.69) is 27.7 Å². The fourth-order valence-corrected chi connectivity index (χ4v) is 2.77. The number of amides is 1. The first-order valence-corrected chi connectivity index (χ1v) is 6.10. The Hall–Kier alpha value is -1.84. The molecule has 4 nitrogen and oxygen atoms in total. The third-order valence-electron chi connectivity index (χ3n) is 3.87. The number of carbonyl (C=O) groups is 1. The molecular formula is C13H13N3O. The van der Waals surface area contributed by atoms with Crippen LogP contribution in [-0.2, 0) is 4.79 Å². The van der Waals surface area contributed by atoms with Gasteiger partial charge in [-0.1, -0.05) is 18.2 Å². The first-order chi connectivity index (χ1) is 8.33. The van der Waals surface area contributed by atoms with Crippen LogP contribution < -0.4 is 5.32 Å². The first kappa shape index (κ1) is 9.22. The van der Waals surface area contributed by atoms with Crippen LogP contribution in [0.5, 0.6) is 0 Å². The maximum absolute atomic E-state index is 11.6. The van der Waals surface area contributed by atoms with Gasteiger partial charge >= 0.3 is 0 Å². The number of nitrogens with zero attached hydrogens (tertiary/aromatic N) is 1. The molecule has 86 valence electrons. The van der Waals surface area contributed by atoms with E-state index < -0.39 is 0 Å². The lowest BCUT2D eigenvalue weighted by atomic mass is 9.85. The minimum absolute atomic E-state index is 0.102. The Morgan fingerprint density at radius 2 is 2.18 bits per heavy atom. The smallest absolute Gasteiger partial charge is 0.226 e. The number of fused-ring (bicyclic) bond motifs is 1. The van der Waals surface area contributed by atoms with Gasteiger partial charge in [0, 0.05) is 17.9 Å². The number of H-pyrrole nitrogens is 1. The minimum Gasteiger partial charge on any atom is -0.309 e. The van der Waals surface area contributed by atoms with Crippen LogP contribution in [0.1, 0.15) is 36.4 Å². The van der Waals surface area contributed by atoms with Crippen molar-refractivity contribution in [3.63, 3.8) is 0 Å². The average Bonchev–Trinajstić information content (AvgIpc) is 2.99. The summed E-state index contributed by atoms with van der Waals surface area (Å²) in [4.78, 5) is 11.6. The van der Waals surface area contributed by atoms with Gasteiger partial charge in [-0.25, -0.2) is 0 Å². The van der Waals surface area contributed by atoms with Crippen molar-refractivity contribution in [1.29, 1.82) is 0 Å². The fourth-order valence-electron chi connectivity index (χ4n) is 2.77. The number of hydrogen-bond donors (Lipinski definition) is 2. The topological polar surface area (TPSA) is 57.8 Å². The van der Waals surface area contributed by atoms with Crippen LogP contribution in [0.15, 0.2) is 18.2 Å². The summed E-state index contributed by atoms with van der Waals surface area (Å²) in [5.41, 5.74) is 3.52. The van der Waals surface area contributed by atoms with E-state index in [0.717, 1.165) is 11.5 Å². The molecule has 4 rings (SSSR count). The zero-order valence-corrected chi connectivity index (χ0v) is 9.36. The van der Waals surface area contributed by atoms with E-state index in [1.54, 1.807) is 0 Å². The molecule has 2 N–H and O–H groups in total. The Balaban J connectivity index is 1.82. The highest BCUT2D eigenvalue weighted by atomic mass is 16.1. The van der Waals surface area contributed by atoms with Gasteiger partial charge in [-0.3, -0.25) is 9.89 Å². The number of rotatable bonds is 2. The maximum Gasteiger partial charge on any atom is 0.226 e. The third kappa shape index (κ3) is 1.30. The molecule has 1 atom stereocenters. The third-order valence-corrected chi connectivity index (χ3v) is 3.87. The molecule has 1 aliphatic heterocycles. The number of allylic oxidation sites excluding steroid dienone is 4. The summed E-state index contributed by atoms with van der Waals surface area (Å²) in [5.74, 6) is 1.89. The van der Waals surface area contributed by atoms with Gasteiger partial charge in [-0.15, -0.1) is 0 Å². The monoisotopic (exact) mass is 227 g/mol. The van der Waals surface area contributed by atoms with E-state index in [9.17, 15) is 4.79 Å². The molecule has 0 bridgehead atoms. The van der Waals surface area contributed by atoms with Crippen LogP contribution >= 0.6 is 0 Å². The molecule has 1 unspecified atom stereocenters. The molecule has 1 aromatic rings. The zero-order chi connectivity index (χ0) is 11.4. The normalized spacial score (nSPS) is 26.0. The summed E-state index contributed by atoms with van der Waals surface area (Å²) < 4.78 is 0. The molecule has 0 aromatic carbocycles. The highest BCUT2D eigenvalue weighted by Crippen LogP contribution is 2.50. The molecule has 0 saturated heterocycles. The van der Waals surface area contributed by atoms with Gasteiger partial charge < -0.3 is 5.32 Å². The van der Waals surface area contributed by atoms with Gasteiger partial charge in [0.05, 0.1) is 5.69 Å². The van der Waals surface area contributed by atoms with Gasteiger partial charge in [0.25, 0.3) is 0 Å². The van der Waals surface area contributed by atoms with Crippen LogP contribution in [0, 0.1) is 5.92 Å². The molecule has 1 fully saturated rings. The molecule has 17 heavy (non-hydrogen) atoms. The van der Waals surface area contributed by atoms with Crippen molar-refractivity contribution < 1.29 is 4.79 Å². The predicted octanol–water partition coefficient (Wildman–Crippen LogP) is 2.20. The predicted molar refractivity (Wildman–Crippen MR) is 64.4 cm³/mol. The van der Waals surface area contributed by atoms with Crippen molar-refractivity contribution in [3.05, 3.63) is 29.5 Å². The van der Waals surface area contributed by atoms with Gasteiger partial charge in [0.2, 0.25) is 5.91 Å². The first-order valence-electron chi connectivity index (χ1n) is 6.10. The lowest BCUT2D eigenvalue weighted by Gasteiger charge is -2.23. The minimum atomic E-state index is 0.102. The molecule has 1 amide bonds. The van der Waals surface area contributed by atoms with Crippen LogP contribution in [0.2, 0.25) is 0 Å². The number of anilines is 1. The van der Waals surface area contributed by atoms with E-state index >= 15 is 0 Å². The quantitative estimate of drug-likeness (QED) is 0.813. The summed E-state index contributed by atoms with van der Waals surface area (Å²) in [5, 5.41) is 10.2. The van der Waals surface area contributed by atoms with E-state index in [0.29, 0.717) is 18.3 Å². The molecule has 0 radical (unpaired) electrons. The molecule has 3 aliphatic rings. The van der Waals surface area contributed by atoms with E-state index in [4.69, 9.17) is 0 Å². The maximum atomic E-state index is 11.6. The number of carbonyl (C=O) groups excluding carboxylic acids is 1. The van der Waals surface area contributed by atoms with Crippen molar-refractivity contribution in [3.8, 4) is 0 Å². The molecule has 1 aromatic heterocycles. The second-order valence-electron chi connectivity index (χ2n) is 5.04. The lowest BCUT2D eigenvalue weighted by molar-refractivity contribution is -0.117. The SMILES string of the molecule is O=C1CC(C2CC2)c2c(n[nH]c2C2=CC=C2)N1. The van der Waals surface area contributed by atoms with E-state index in [-0.39, 0.29) is 5.91 Å². The van der Waals surface area contributed by atoms with Crippen LogP contribution in [-0.4, -0.2) is 16.1 Å². The number of nitrogens with one attached hydrogen (secondary N) is 2.